The van der Waals surface area contributed by atoms with Gasteiger partial charge in [0, 0.05) is 12.5 Å². The number of aryl methyl sites for hydroxylation is 1. The van der Waals surface area contributed by atoms with Crippen LogP contribution in [0.25, 0.3) is 0 Å². The Morgan fingerprint density at radius 2 is 2.00 bits per heavy atom. The summed E-state index contributed by atoms with van der Waals surface area (Å²) in [6, 6.07) is 7.66. The van der Waals surface area contributed by atoms with E-state index in [-0.39, 0.29) is 17.9 Å². The number of ether oxygens (including phenoxy) is 1. The SMILES string of the molecule is COc1ccc(CCC(=O)NC2CCC(C(=O)O)C2)cc1. The maximum absolute atomic E-state index is 11.9. The van der Waals surface area contributed by atoms with Crippen LogP contribution in [0.15, 0.2) is 24.3 Å². The van der Waals surface area contributed by atoms with E-state index in [0.29, 0.717) is 25.7 Å². The Hall–Kier alpha value is -2.04. The Morgan fingerprint density at radius 1 is 1.29 bits per heavy atom. The fraction of sp³-hybridized carbons (Fsp3) is 0.500. The lowest BCUT2D eigenvalue weighted by atomic mass is 10.1. The zero-order valence-corrected chi connectivity index (χ0v) is 12.2. The van der Waals surface area contributed by atoms with Crippen molar-refractivity contribution in [1.29, 1.82) is 0 Å². The minimum absolute atomic E-state index is 0.00877. The molecule has 1 aromatic carbocycles. The maximum atomic E-state index is 11.9. The molecule has 21 heavy (non-hydrogen) atoms. The normalized spacial score (nSPS) is 21.0. The van der Waals surface area contributed by atoms with Crippen LogP contribution in [0.4, 0.5) is 0 Å². The van der Waals surface area contributed by atoms with E-state index in [1.807, 2.05) is 24.3 Å². The maximum Gasteiger partial charge on any atom is 0.306 e. The van der Waals surface area contributed by atoms with Crippen LogP contribution in [-0.4, -0.2) is 30.1 Å². The van der Waals surface area contributed by atoms with Crippen LogP contribution in [0.5, 0.6) is 5.75 Å². The van der Waals surface area contributed by atoms with Crippen molar-refractivity contribution in [2.75, 3.05) is 7.11 Å². The van der Waals surface area contributed by atoms with Gasteiger partial charge in [0.15, 0.2) is 0 Å². The van der Waals surface area contributed by atoms with Gasteiger partial charge in [-0.3, -0.25) is 9.59 Å². The molecule has 0 bridgehead atoms. The first-order valence-corrected chi connectivity index (χ1v) is 7.23. The van der Waals surface area contributed by atoms with E-state index in [1.165, 1.54) is 0 Å². The molecule has 1 aliphatic carbocycles. The van der Waals surface area contributed by atoms with Gasteiger partial charge in [0.1, 0.15) is 5.75 Å². The number of methoxy groups -OCH3 is 1. The third-order valence-corrected chi connectivity index (χ3v) is 3.95. The van der Waals surface area contributed by atoms with Gasteiger partial charge in [-0.05, 0) is 43.4 Å². The van der Waals surface area contributed by atoms with Crippen LogP contribution in [-0.2, 0) is 16.0 Å². The average molecular weight is 291 g/mol. The smallest absolute Gasteiger partial charge is 0.306 e. The van der Waals surface area contributed by atoms with Gasteiger partial charge in [-0.1, -0.05) is 12.1 Å². The number of hydrogen-bond donors (Lipinski definition) is 2. The van der Waals surface area contributed by atoms with Gasteiger partial charge in [-0.2, -0.15) is 0 Å². The number of carboxylic acids is 1. The van der Waals surface area contributed by atoms with E-state index >= 15 is 0 Å². The lowest BCUT2D eigenvalue weighted by Gasteiger charge is -2.12. The second-order valence-corrected chi connectivity index (χ2v) is 5.46. The lowest BCUT2D eigenvalue weighted by molar-refractivity contribution is -0.141. The molecule has 1 fully saturated rings. The number of hydrogen-bond acceptors (Lipinski definition) is 3. The first-order chi connectivity index (χ1) is 10.1. The molecule has 0 heterocycles. The molecule has 5 heteroatoms. The van der Waals surface area contributed by atoms with E-state index < -0.39 is 5.97 Å². The minimum Gasteiger partial charge on any atom is -0.497 e. The molecule has 2 N–H and O–H groups in total. The fourth-order valence-electron chi connectivity index (χ4n) is 2.69. The molecule has 0 spiro atoms. The molecule has 5 nitrogen and oxygen atoms in total. The Kier molecular flexibility index (Phi) is 5.20. The van der Waals surface area contributed by atoms with Crippen LogP contribution >= 0.6 is 0 Å². The summed E-state index contributed by atoms with van der Waals surface area (Å²) in [5, 5.41) is 11.9. The number of carboxylic acid groups (broad SMARTS) is 1. The molecule has 2 atom stereocenters. The summed E-state index contributed by atoms with van der Waals surface area (Å²) in [6.45, 7) is 0. The number of carbonyl (C=O) groups excluding carboxylic acids is 1. The van der Waals surface area contributed by atoms with Crippen molar-refractivity contribution in [3.05, 3.63) is 29.8 Å². The van der Waals surface area contributed by atoms with Crippen LogP contribution < -0.4 is 10.1 Å². The second-order valence-electron chi connectivity index (χ2n) is 5.46. The van der Waals surface area contributed by atoms with Gasteiger partial charge in [-0.15, -0.1) is 0 Å². The number of amides is 1. The number of nitrogens with one attached hydrogen (secondary N) is 1. The topological polar surface area (TPSA) is 75.6 Å². The highest BCUT2D eigenvalue weighted by Gasteiger charge is 2.30. The van der Waals surface area contributed by atoms with Gasteiger partial charge >= 0.3 is 5.97 Å². The average Bonchev–Trinajstić information content (AvgIpc) is 2.94. The van der Waals surface area contributed by atoms with E-state index in [2.05, 4.69) is 5.32 Å². The molecule has 0 radical (unpaired) electrons. The number of rotatable bonds is 6. The summed E-state index contributed by atoms with van der Waals surface area (Å²) in [5.41, 5.74) is 1.08. The van der Waals surface area contributed by atoms with Crippen molar-refractivity contribution < 1.29 is 19.4 Å². The highest BCUT2D eigenvalue weighted by atomic mass is 16.5. The summed E-state index contributed by atoms with van der Waals surface area (Å²) in [7, 11) is 1.62. The predicted octanol–water partition coefficient (Wildman–Crippen LogP) is 2.00. The molecular weight excluding hydrogens is 270 g/mol. The van der Waals surface area contributed by atoms with E-state index in [4.69, 9.17) is 9.84 Å². The highest BCUT2D eigenvalue weighted by molar-refractivity contribution is 5.77. The van der Waals surface area contributed by atoms with Gasteiger partial charge in [0.25, 0.3) is 0 Å². The van der Waals surface area contributed by atoms with Crippen molar-refractivity contribution in [1.82, 2.24) is 5.32 Å². The first kappa shape index (κ1) is 15.4. The second kappa shape index (κ2) is 7.11. The van der Waals surface area contributed by atoms with Gasteiger partial charge in [0.2, 0.25) is 5.91 Å². The standard InChI is InChI=1S/C16H21NO4/c1-21-14-7-2-11(3-8-14)4-9-15(18)17-13-6-5-12(10-13)16(19)20/h2-3,7-8,12-13H,4-6,9-10H2,1H3,(H,17,18)(H,19,20). The molecule has 2 rings (SSSR count). The lowest BCUT2D eigenvalue weighted by Crippen LogP contribution is -2.33. The van der Waals surface area contributed by atoms with E-state index in [9.17, 15) is 9.59 Å². The van der Waals surface area contributed by atoms with Gasteiger partial charge < -0.3 is 15.2 Å². The Balaban J connectivity index is 1.73. The van der Waals surface area contributed by atoms with Crippen LogP contribution in [0.2, 0.25) is 0 Å². The third-order valence-electron chi connectivity index (χ3n) is 3.95. The number of benzene rings is 1. The quantitative estimate of drug-likeness (QED) is 0.840. The van der Waals surface area contributed by atoms with Crippen molar-refractivity contribution >= 4 is 11.9 Å². The highest BCUT2D eigenvalue weighted by Crippen LogP contribution is 2.25. The van der Waals surface area contributed by atoms with E-state index in [1.54, 1.807) is 7.11 Å². The Morgan fingerprint density at radius 3 is 2.57 bits per heavy atom. The molecule has 0 saturated heterocycles. The summed E-state index contributed by atoms with van der Waals surface area (Å²) < 4.78 is 5.09. The van der Waals surface area contributed by atoms with Crippen molar-refractivity contribution in [3.8, 4) is 5.75 Å². The zero-order chi connectivity index (χ0) is 15.2. The van der Waals surface area contributed by atoms with Gasteiger partial charge in [0.05, 0.1) is 13.0 Å². The molecule has 0 aromatic heterocycles. The Labute approximate surface area is 124 Å². The molecule has 1 amide bonds. The number of carbonyl (C=O) groups is 2. The summed E-state index contributed by atoms with van der Waals surface area (Å²) in [6.07, 6.45) is 3.04. The predicted molar refractivity (Wildman–Crippen MR) is 78.2 cm³/mol. The molecule has 1 aliphatic rings. The first-order valence-electron chi connectivity index (χ1n) is 7.23. The minimum atomic E-state index is -0.759. The molecule has 1 saturated carbocycles. The van der Waals surface area contributed by atoms with E-state index in [0.717, 1.165) is 17.7 Å². The van der Waals surface area contributed by atoms with Crippen molar-refractivity contribution in [3.63, 3.8) is 0 Å². The van der Waals surface area contributed by atoms with Crippen LogP contribution in [0.3, 0.4) is 0 Å². The summed E-state index contributed by atoms with van der Waals surface area (Å²) in [4.78, 5) is 22.8. The molecular formula is C16H21NO4. The summed E-state index contributed by atoms with van der Waals surface area (Å²) in [5.74, 6) is -0.280. The molecule has 2 unspecified atom stereocenters. The molecule has 1 aromatic rings. The van der Waals surface area contributed by atoms with Crippen LogP contribution in [0, 0.1) is 5.92 Å². The zero-order valence-electron chi connectivity index (χ0n) is 12.2. The summed E-state index contributed by atoms with van der Waals surface area (Å²) >= 11 is 0. The van der Waals surface area contributed by atoms with Gasteiger partial charge in [-0.25, -0.2) is 0 Å². The Bertz CT molecular complexity index is 498. The largest absolute Gasteiger partial charge is 0.497 e. The third kappa shape index (κ3) is 4.48. The van der Waals surface area contributed by atoms with Crippen LogP contribution in [0.1, 0.15) is 31.2 Å². The monoisotopic (exact) mass is 291 g/mol. The fourth-order valence-corrected chi connectivity index (χ4v) is 2.69. The molecule has 0 aliphatic heterocycles. The van der Waals surface area contributed by atoms with Crippen molar-refractivity contribution in [2.45, 2.75) is 38.1 Å². The molecule has 114 valence electrons. The number of aliphatic carboxylic acids is 1. The van der Waals surface area contributed by atoms with Crippen molar-refractivity contribution in [2.24, 2.45) is 5.92 Å².